The highest BCUT2D eigenvalue weighted by atomic mass is 16.3. The monoisotopic (exact) mass is 223 g/mol. The van der Waals surface area contributed by atoms with Gasteiger partial charge in [-0.25, -0.2) is 0 Å². The maximum Gasteiger partial charge on any atom is 0.0681 e. The first kappa shape index (κ1) is 13.2. The van der Waals surface area contributed by atoms with Gasteiger partial charge >= 0.3 is 0 Å². The summed E-state index contributed by atoms with van der Waals surface area (Å²) >= 11 is 0. The fourth-order valence-corrected chi connectivity index (χ4v) is 1.55. The van der Waals surface area contributed by atoms with Crippen LogP contribution in [-0.4, -0.2) is 34.8 Å². The first-order chi connectivity index (χ1) is 7.61. The van der Waals surface area contributed by atoms with Crippen molar-refractivity contribution in [1.29, 1.82) is 0 Å². The second-order valence-corrected chi connectivity index (χ2v) is 4.35. The number of benzene rings is 1. The Morgan fingerprint density at radius 2 is 1.75 bits per heavy atom. The van der Waals surface area contributed by atoms with Crippen molar-refractivity contribution in [1.82, 2.24) is 4.90 Å². The van der Waals surface area contributed by atoms with Gasteiger partial charge in [-0.2, -0.15) is 0 Å². The van der Waals surface area contributed by atoms with E-state index in [0.717, 1.165) is 25.1 Å². The molecule has 3 heteroatoms. The van der Waals surface area contributed by atoms with Gasteiger partial charge in [0.1, 0.15) is 0 Å². The van der Waals surface area contributed by atoms with E-state index in [9.17, 15) is 5.11 Å². The van der Waals surface area contributed by atoms with Gasteiger partial charge in [0, 0.05) is 13.1 Å². The van der Waals surface area contributed by atoms with Crippen LogP contribution >= 0.6 is 0 Å². The third-order valence-corrected chi connectivity index (χ3v) is 2.59. The maximum atomic E-state index is 9.18. The molecule has 1 unspecified atom stereocenters. The van der Waals surface area contributed by atoms with Gasteiger partial charge in [0.05, 0.1) is 12.7 Å². The lowest BCUT2D eigenvalue weighted by Crippen LogP contribution is -2.22. The molecule has 0 saturated heterocycles. The lowest BCUT2D eigenvalue weighted by Gasteiger charge is -2.17. The summed E-state index contributed by atoms with van der Waals surface area (Å²) in [5, 5.41) is 18.1. The van der Waals surface area contributed by atoms with E-state index in [-0.39, 0.29) is 12.7 Å². The standard InChI is InChI=1S/C13H21NO2/c1-11(16)7-8-14(2)9-12-3-5-13(10-15)6-4-12/h3-6,11,15-16H,7-10H2,1-2H3. The minimum absolute atomic E-state index is 0.0954. The van der Waals surface area contributed by atoms with Gasteiger partial charge in [-0.3, -0.25) is 0 Å². The van der Waals surface area contributed by atoms with Gasteiger partial charge in [0.15, 0.2) is 0 Å². The largest absolute Gasteiger partial charge is 0.393 e. The number of hydrogen-bond acceptors (Lipinski definition) is 3. The predicted molar refractivity (Wildman–Crippen MR) is 65.0 cm³/mol. The van der Waals surface area contributed by atoms with Crippen molar-refractivity contribution in [2.24, 2.45) is 0 Å². The third kappa shape index (κ3) is 4.75. The van der Waals surface area contributed by atoms with Crippen LogP contribution in [0.25, 0.3) is 0 Å². The SMILES string of the molecule is CC(O)CCN(C)Cc1ccc(CO)cc1. The number of hydrogen-bond donors (Lipinski definition) is 2. The predicted octanol–water partition coefficient (Wildman–Crippen LogP) is 1.38. The Balaban J connectivity index is 2.40. The first-order valence-electron chi connectivity index (χ1n) is 5.67. The molecule has 0 bridgehead atoms. The van der Waals surface area contributed by atoms with Crippen LogP contribution in [0.2, 0.25) is 0 Å². The molecule has 1 aromatic carbocycles. The van der Waals surface area contributed by atoms with E-state index in [4.69, 9.17) is 5.11 Å². The highest BCUT2D eigenvalue weighted by molar-refractivity contribution is 5.21. The lowest BCUT2D eigenvalue weighted by atomic mass is 10.1. The van der Waals surface area contributed by atoms with Crippen LogP contribution in [-0.2, 0) is 13.2 Å². The molecule has 0 heterocycles. The molecule has 0 amide bonds. The molecule has 0 aliphatic carbocycles. The number of aliphatic hydroxyl groups is 2. The summed E-state index contributed by atoms with van der Waals surface area (Å²) in [6.45, 7) is 3.67. The molecule has 90 valence electrons. The Labute approximate surface area is 97.3 Å². The van der Waals surface area contributed by atoms with Crippen LogP contribution in [0.5, 0.6) is 0 Å². The Kier molecular flexibility index (Phi) is 5.46. The molecule has 0 aromatic heterocycles. The highest BCUT2D eigenvalue weighted by Crippen LogP contribution is 2.07. The summed E-state index contributed by atoms with van der Waals surface area (Å²) in [6, 6.07) is 7.95. The molecule has 3 nitrogen and oxygen atoms in total. The minimum atomic E-state index is -0.237. The fraction of sp³-hybridized carbons (Fsp3) is 0.538. The van der Waals surface area contributed by atoms with E-state index in [0.29, 0.717) is 0 Å². The van der Waals surface area contributed by atoms with Crippen molar-refractivity contribution in [3.8, 4) is 0 Å². The van der Waals surface area contributed by atoms with Gasteiger partial charge in [0.25, 0.3) is 0 Å². The zero-order valence-electron chi connectivity index (χ0n) is 10.1. The maximum absolute atomic E-state index is 9.18. The normalized spacial score (nSPS) is 13.1. The molecule has 0 spiro atoms. The molecule has 2 N–H and O–H groups in total. The molecule has 0 aliphatic rings. The van der Waals surface area contributed by atoms with Crippen LogP contribution < -0.4 is 0 Å². The lowest BCUT2D eigenvalue weighted by molar-refractivity contribution is 0.163. The van der Waals surface area contributed by atoms with Crippen molar-refractivity contribution >= 4 is 0 Å². The summed E-state index contributed by atoms with van der Waals surface area (Å²) in [5.74, 6) is 0. The van der Waals surface area contributed by atoms with Crippen molar-refractivity contribution < 1.29 is 10.2 Å². The highest BCUT2D eigenvalue weighted by Gasteiger charge is 2.02. The van der Waals surface area contributed by atoms with Gasteiger partial charge in [-0.05, 0) is 31.5 Å². The van der Waals surface area contributed by atoms with E-state index in [1.54, 1.807) is 0 Å². The summed E-state index contributed by atoms with van der Waals surface area (Å²) < 4.78 is 0. The van der Waals surface area contributed by atoms with Crippen LogP contribution in [0.15, 0.2) is 24.3 Å². The van der Waals surface area contributed by atoms with Crippen molar-refractivity contribution in [2.45, 2.75) is 32.6 Å². The number of aliphatic hydroxyl groups excluding tert-OH is 2. The Bertz CT molecular complexity index is 295. The average molecular weight is 223 g/mol. The van der Waals surface area contributed by atoms with Crippen LogP contribution in [0.1, 0.15) is 24.5 Å². The fourth-order valence-electron chi connectivity index (χ4n) is 1.55. The Hall–Kier alpha value is -0.900. The van der Waals surface area contributed by atoms with Gasteiger partial charge in [-0.1, -0.05) is 24.3 Å². The van der Waals surface area contributed by atoms with Gasteiger partial charge in [-0.15, -0.1) is 0 Å². The summed E-state index contributed by atoms with van der Waals surface area (Å²) in [7, 11) is 2.04. The topological polar surface area (TPSA) is 43.7 Å². The van der Waals surface area contributed by atoms with Crippen molar-refractivity contribution in [3.05, 3.63) is 35.4 Å². The summed E-state index contributed by atoms with van der Waals surface area (Å²) in [5.41, 5.74) is 2.17. The minimum Gasteiger partial charge on any atom is -0.393 e. The molecule has 16 heavy (non-hydrogen) atoms. The molecule has 0 saturated carbocycles. The van der Waals surface area contributed by atoms with Gasteiger partial charge in [0.2, 0.25) is 0 Å². The van der Waals surface area contributed by atoms with E-state index >= 15 is 0 Å². The van der Waals surface area contributed by atoms with Crippen molar-refractivity contribution in [3.63, 3.8) is 0 Å². The van der Waals surface area contributed by atoms with E-state index in [1.165, 1.54) is 5.56 Å². The number of rotatable bonds is 6. The molecular weight excluding hydrogens is 202 g/mol. The zero-order chi connectivity index (χ0) is 12.0. The molecule has 1 aromatic rings. The molecule has 1 atom stereocenters. The second-order valence-electron chi connectivity index (χ2n) is 4.35. The van der Waals surface area contributed by atoms with E-state index < -0.39 is 0 Å². The van der Waals surface area contributed by atoms with Crippen LogP contribution in [0.4, 0.5) is 0 Å². The summed E-state index contributed by atoms with van der Waals surface area (Å²) in [4.78, 5) is 2.18. The third-order valence-electron chi connectivity index (χ3n) is 2.59. The van der Waals surface area contributed by atoms with E-state index in [2.05, 4.69) is 4.90 Å². The zero-order valence-corrected chi connectivity index (χ0v) is 10.1. The Morgan fingerprint density at radius 3 is 2.25 bits per heavy atom. The van der Waals surface area contributed by atoms with Crippen molar-refractivity contribution in [2.75, 3.05) is 13.6 Å². The molecular formula is C13H21NO2. The average Bonchev–Trinajstić information content (AvgIpc) is 2.27. The molecule has 0 fully saturated rings. The van der Waals surface area contributed by atoms with Crippen LogP contribution in [0, 0.1) is 0 Å². The van der Waals surface area contributed by atoms with Crippen LogP contribution in [0.3, 0.4) is 0 Å². The number of nitrogens with zero attached hydrogens (tertiary/aromatic N) is 1. The molecule has 0 radical (unpaired) electrons. The molecule has 1 rings (SSSR count). The Morgan fingerprint density at radius 1 is 1.19 bits per heavy atom. The first-order valence-corrected chi connectivity index (χ1v) is 5.67. The quantitative estimate of drug-likeness (QED) is 0.766. The molecule has 0 aliphatic heterocycles. The smallest absolute Gasteiger partial charge is 0.0681 e. The van der Waals surface area contributed by atoms with Gasteiger partial charge < -0.3 is 15.1 Å². The van der Waals surface area contributed by atoms with E-state index in [1.807, 2.05) is 38.2 Å². The summed E-state index contributed by atoms with van der Waals surface area (Å²) in [6.07, 6.45) is 0.560. The second kappa shape index (κ2) is 6.63.